The monoisotopic (exact) mass is 935 g/mol. The summed E-state index contributed by atoms with van der Waals surface area (Å²) in [4.78, 5) is 0. The molecule has 0 unspecified atom stereocenters. The van der Waals surface area contributed by atoms with E-state index in [-0.39, 0.29) is 45.4 Å². The van der Waals surface area contributed by atoms with Gasteiger partial charge < -0.3 is 5.73 Å². The molecule has 6 aromatic carbocycles. The molecule has 0 heterocycles. The van der Waals surface area contributed by atoms with Crippen molar-refractivity contribution in [3.8, 4) is 11.1 Å². The summed E-state index contributed by atoms with van der Waals surface area (Å²) in [6.45, 7) is 0. The molecule has 0 atom stereocenters. The second kappa shape index (κ2) is 25.4. The molecule has 4 nitrogen and oxygen atoms in total. The van der Waals surface area contributed by atoms with Gasteiger partial charge in [0, 0.05) is 37.5 Å². The number of nitrogen functional groups attached to an aromatic ring is 1. The first-order valence-corrected chi connectivity index (χ1v) is 23.7. The smallest absolute Gasteiger partial charge is 0.261 e. The van der Waals surface area contributed by atoms with Crippen LogP contribution in [-0.4, -0.2) is 30.5 Å². The molecular weight excluding hydrogens is 883 g/mol. The molecule has 9 heteroatoms. The summed E-state index contributed by atoms with van der Waals surface area (Å²) in [7, 11) is -4.40. The van der Waals surface area contributed by atoms with Gasteiger partial charge in [0.15, 0.2) is 0 Å². The van der Waals surface area contributed by atoms with Crippen LogP contribution in [-0.2, 0) is 47.6 Å². The summed E-state index contributed by atoms with van der Waals surface area (Å²) in [5, 5.41) is 6.26. The molecule has 0 aromatic heterocycles. The summed E-state index contributed by atoms with van der Waals surface area (Å²) in [5.74, 6) is 0. The summed E-state index contributed by atoms with van der Waals surface area (Å²) in [5.41, 5.74) is 10.5. The van der Waals surface area contributed by atoms with Crippen molar-refractivity contribution in [2.45, 2.75) is 62.7 Å². The number of benzene rings is 6. The fraction of sp³-hybridized carbons (Fsp3) is 0.234. The third-order valence-electron chi connectivity index (χ3n) is 9.65. The van der Waals surface area contributed by atoms with E-state index in [1.807, 2.05) is 48.5 Å². The molecule has 0 bridgehead atoms. The molecule has 3 N–H and O–H groups in total. The second-order valence-electron chi connectivity index (χ2n) is 13.7. The molecule has 2 aliphatic rings. The van der Waals surface area contributed by atoms with Crippen molar-refractivity contribution in [3.05, 3.63) is 176 Å². The molecule has 0 saturated heterocycles. The van der Waals surface area contributed by atoms with Crippen LogP contribution >= 0.6 is 15.8 Å². The van der Waals surface area contributed by atoms with Crippen molar-refractivity contribution in [2.24, 2.45) is 0 Å². The van der Waals surface area contributed by atoms with Crippen LogP contribution in [0, 0.1) is 6.07 Å². The normalized spacial score (nSPS) is 13.8. The van der Waals surface area contributed by atoms with Crippen molar-refractivity contribution in [1.82, 2.24) is 0 Å². The first-order chi connectivity index (χ1) is 26.3. The van der Waals surface area contributed by atoms with Crippen LogP contribution in [0.4, 0.5) is 5.69 Å². The Bertz CT molecular complexity index is 1860. The van der Waals surface area contributed by atoms with Crippen molar-refractivity contribution in [3.63, 3.8) is 0 Å². The zero-order valence-corrected chi connectivity index (χ0v) is 37.2. The number of para-hydroxylation sites is 1. The van der Waals surface area contributed by atoms with Crippen molar-refractivity contribution in [1.29, 1.82) is 0 Å². The predicted molar refractivity (Wildman–Crippen MR) is 237 cm³/mol. The van der Waals surface area contributed by atoms with Gasteiger partial charge in [0.25, 0.3) is 10.1 Å². The van der Waals surface area contributed by atoms with Crippen LogP contribution in [0.3, 0.4) is 0 Å². The Morgan fingerprint density at radius 3 is 1.43 bits per heavy atom. The SMILES string of the molecule is CS(=O)(=O)O.Nc1ccccc1-c1[c-]cccc1.[Fe].[Pd].c1ccc(P(c2ccccc2)C2CCCC2)cc1.c1ccc([PH+](c2ccccc2)C2CCCC2)cc1. The van der Waals surface area contributed by atoms with Crippen molar-refractivity contribution >= 4 is 52.9 Å². The molecule has 2 fully saturated rings. The van der Waals surface area contributed by atoms with Crippen molar-refractivity contribution in [2.75, 3.05) is 12.0 Å². The number of hydrogen-bond acceptors (Lipinski definition) is 3. The molecule has 56 heavy (non-hydrogen) atoms. The van der Waals surface area contributed by atoms with E-state index in [0.29, 0.717) is 6.26 Å². The van der Waals surface area contributed by atoms with E-state index in [9.17, 15) is 8.42 Å². The largest absolute Gasteiger partial charge is 0.406 e. The van der Waals surface area contributed by atoms with Crippen LogP contribution in [0.5, 0.6) is 0 Å². The maximum Gasteiger partial charge on any atom is 0.261 e. The van der Waals surface area contributed by atoms with Gasteiger partial charge in [-0.05, 0) is 98.7 Å². The van der Waals surface area contributed by atoms with E-state index in [0.717, 1.165) is 28.1 Å². The number of anilines is 1. The van der Waals surface area contributed by atoms with E-state index in [1.165, 1.54) is 51.4 Å². The Kier molecular flexibility index (Phi) is 21.6. The van der Waals surface area contributed by atoms with Crippen LogP contribution < -0.4 is 27.0 Å². The molecule has 0 radical (unpaired) electrons. The van der Waals surface area contributed by atoms with Gasteiger partial charge in [-0.25, -0.2) is 0 Å². The van der Waals surface area contributed by atoms with Gasteiger partial charge >= 0.3 is 0 Å². The summed E-state index contributed by atoms with van der Waals surface area (Å²) in [6, 6.07) is 63.4. The van der Waals surface area contributed by atoms with Gasteiger partial charge in [-0.3, -0.25) is 4.55 Å². The molecule has 2 saturated carbocycles. The molecule has 0 spiro atoms. The Morgan fingerprint density at radius 1 is 0.607 bits per heavy atom. The molecule has 0 amide bonds. The fourth-order valence-electron chi connectivity index (χ4n) is 7.30. The zero-order valence-electron chi connectivity index (χ0n) is 31.8. The minimum absolute atomic E-state index is 0. The van der Waals surface area contributed by atoms with Gasteiger partial charge in [-0.1, -0.05) is 134 Å². The maximum absolute atomic E-state index is 9.19. The molecule has 0 aliphatic heterocycles. The van der Waals surface area contributed by atoms with E-state index >= 15 is 0 Å². The molecular formula is C47H53FeNO3P2PdS. The van der Waals surface area contributed by atoms with Gasteiger partial charge in [-0.15, -0.1) is 35.9 Å². The van der Waals surface area contributed by atoms with Gasteiger partial charge in [0.1, 0.15) is 0 Å². The first-order valence-electron chi connectivity index (χ1n) is 18.9. The Balaban J connectivity index is 0.000000211. The van der Waals surface area contributed by atoms with Crippen LogP contribution in [0.25, 0.3) is 11.1 Å². The van der Waals surface area contributed by atoms with E-state index in [4.69, 9.17) is 10.3 Å². The van der Waals surface area contributed by atoms with E-state index < -0.39 is 18.0 Å². The average molecular weight is 936 g/mol. The summed E-state index contributed by atoms with van der Waals surface area (Å²) < 4.78 is 25.9. The Labute approximate surface area is 362 Å². The van der Waals surface area contributed by atoms with E-state index in [2.05, 4.69) is 127 Å². The minimum atomic E-state index is -3.67. The summed E-state index contributed by atoms with van der Waals surface area (Å²) >= 11 is 0. The number of hydrogen-bond donors (Lipinski definition) is 2. The van der Waals surface area contributed by atoms with Gasteiger partial charge in [0.05, 0.1) is 30.4 Å². The molecule has 298 valence electrons. The zero-order chi connectivity index (χ0) is 38.0. The third kappa shape index (κ3) is 15.8. The predicted octanol–water partition coefficient (Wildman–Crippen LogP) is 10.1. The van der Waals surface area contributed by atoms with E-state index in [1.54, 1.807) is 21.2 Å². The molecule has 8 rings (SSSR count). The maximum atomic E-state index is 9.19. The van der Waals surface area contributed by atoms with Crippen LogP contribution in [0.1, 0.15) is 51.4 Å². The first kappa shape index (κ1) is 47.4. The Morgan fingerprint density at radius 2 is 1.00 bits per heavy atom. The molecule has 6 aromatic rings. The van der Waals surface area contributed by atoms with Gasteiger partial charge in [-0.2, -0.15) is 8.42 Å². The average Bonchev–Trinajstić information content (AvgIpc) is 3.94. The topological polar surface area (TPSA) is 80.4 Å². The van der Waals surface area contributed by atoms with Gasteiger partial charge in [0.2, 0.25) is 0 Å². The van der Waals surface area contributed by atoms with Crippen molar-refractivity contribution < 1.29 is 50.5 Å². The number of rotatable bonds is 7. The van der Waals surface area contributed by atoms with Crippen LogP contribution in [0.15, 0.2) is 170 Å². The fourth-order valence-corrected chi connectivity index (χ4v) is 13.7. The number of nitrogens with two attached hydrogens (primary N) is 1. The molecule has 2 aliphatic carbocycles. The minimum Gasteiger partial charge on any atom is -0.406 e. The Hall–Kier alpha value is -2.93. The second-order valence-corrected chi connectivity index (χ2v) is 20.5. The summed E-state index contributed by atoms with van der Waals surface area (Å²) in [6.07, 6.45) is 12.1. The third-order valence-corrected chi connectivity index (χ3v) is 15.9. The standard InChI is InChI=1S/2C17H19P.C12H10N.CH4O3S.Fe.Pd/c2*1-3-9-15(10-4-1)18(17-13-7-8-14-17)16-11-5-2-6-12-16;13-12-9-5-4-8-11(12)10-6-2-1-3-7-10;1-5(2,3)4;;/h2*1-6,9-12,17H,7-8,13-14H2;1-6,8-9H,13H2;1H3,(H,2,3,4);;/q;;-1;;;/p+1. The quantitative estimate of drug-likeness (QED) is 0.0550. The van der Waals surface area contributed by atoms with Crippen LogP contribution in [0.2, 0.25) is 0 Å².